The number of rotatable bonds is 8. The molecule has 142 valence electrons. The van der Waals surface area contributed by atoms with Crippen LogP contribution in [0.2, 0.25) is 0 Å². The van der Waals surface area contributed by atoms with Gasteiger partial charge in [0.1, 0.15) is 12.4 Å². The summed E-state index contributed by atoms with van der Waals surface area (Å²) in [5, 5.41) is 0. The van der Waals surface area contributed by atoms with E-state index in [1.165, 1.54) is 11.6 Å². The van der Waals surface area contributed by atoms with Crippen LogP contribution < -0.4 is 4.74 Å². The Morgan fingerprint density at radius 1 is 0.857 bits per heavy atom. The number of esters is 1. The molecule has 0 aliphatic carbocycles. The van der Waals surface area contributed by atoms with Gasteiger partial charge in [-0.1, -0.05) is 72.8 Å². The van der Waals surface area contributed by atoms with Crippen LogP contribution in [0.3, 0.4) is 0 Å². The second-order valence-corrected chi connectivity index (χ2v) is 6.39. The van der Waals surface area contributed by atoms with E-state index in [0.717, 1.165) is 28.9 Å². The van der Waals surface area contributed by atoms with Crippen LogP contribution in [-0.2, 0) is 22.6 Å². The van der Waals surface area contributed by atoms with Crippen LogP contribution in [-0.4, -0.2) is 12.6 Å². The van der Waals surface area contributed by atoms with Crippen LogP contribution >= 0.6 is 0 Å². The van der Waals surface area contributed by atoms with Gasteiger partial charge in [0.05, 0.1) is 6.61 Å². The molecule has 0 saturated heterocycles. The van der Waals surface area contributed by atoms with Crippen LogP contribution in [0.15, 0.2) is 84.9 Å². The summed E-state index contributed by atoms with van der Waals surface area (Å²) in [5.41, 5.74) is 4.44. The first-order chi connectivity index (χ1) is 13.7. The smallest absolute Gasteiger partial charge is 0.330 e. The molecule has 0 atom stereocenters. The van der Waals surface area contributed by atoms with Gasteiger partial charge in [-0.15, -0.1) is 0 Å². The fourth-order valence-corrected chi connectivity index (χ4v) is 2.85. The molecule has 0 bridgehead atoms. The molecule has 0 aromatic heterocycles. The van der Waals surface area contributed by atoms with Crippen molar-refractivity contribution >= 4 is 12.0 Å². The predicted octanol–water partition coefficient (Wildman–Crippen LogP) is 5.43. The first kappa shape index (κ1) is 19.4. The second-order valence-electron chi connectivity index (χ2n) is 6.39. The van der Waals surface area contributed by atoms with Crippen molar-refractivity contribution in [1.29, 1.82) is 0 Å². The van der Waals surface area contributed by atoms with Gasteiger partial charge in [-0.05, 0) is 41.3 Å². The lowest BCUT2D eigenvalue weighted by Gasteiger charge is -2.12. The number of benzene rings is 3. The summed E-state index contributed by atoms with van der Waals surface area (Å²) in [6.07, 6.45) is 4.00. The minimum Gasteiger partial charge on any atom is -0.489 e. The number of para-hydroxylation sites is 1. The van der Waals surface area contributed by atoms with Crippen molar-refractivity contribution in [3.8, 4) is 5.75 Å². The zero-order valence-corrected chi connectivity index (χ0v) is 16.0. The van der Waals surface area contributed by atoms with E-state index in [9.17, 15) is 4.79 Å². The molecule has 3 aromatic rings. The van der Waals surface area contributed by atoms with Crippen molar-refractivity contribution in [3.63, 3.8) is 0 Å². The maximum absolute atomic E-state index is 11.4. The maximum Gasteiger partial charge on any atom is 0.330 e. The molecule has 0 saturated carbocycles. The van der Waals surface area contributed by atoms with Gasteiger partial charge in [-0.25, -0.2) is 4.79 Å². The summed E-state index contributed by atoms with van der Waals surface area (Å²) in [6.45, 7) is 2.73. The molecule has 3 rings (SSSR count). The minimum absolute atomic E-state index is 0.323. The zero-order chi connectivity index (χ0) is 19.6. The number of carbonyl (C=O) groups is 1. The third kappa shape index (κ3) is 5.85. The average molecular weight is 372 g/mol. The number of hydrogen-bond acceptors (Lipinski definition) is 3. The highest BCUT2D eigenvalue weighted by atomic mass is 16.5. The van der Waals surface area contributed by atoms with Gasteiger partial charge in [-0.3, -0.25) is 0 Å². The molecule has 0 amide bonds. The van der Waals surface area contributed by atoms with E-state index in [1.807, 2.05) is 48.5 Å². The predicted molar refractivity (Wildman–Crippen MR) is 112 cm³/mol. The quantitative estimate of drug-likeness (QED) is 0.390. The molecule has 0 heterocycles. The number of ether oxygens (including phenoxy) is 2. The molecule has 0 aliphatic heterocycles. The van der Waals surface area contributed by atoms with Crippen molar-refractivity contribution in [1.82, 2.24) is 0 Å². The minimum atomic E-state index is -0.323. The number of carbonyl (C=O) groups excluding carboxylic acids is 1. The van der Waals surface area contributed by atoms with Crippen LogP contribution in [0.4, 0.5) is 0 Å². The lowest BCUT2D eigenvalue weighted by atomic mass is 10.0. The molecule has 0 spiro atoms. The SMILES string of the molecule is CCOC(=O)C=Cc1ccc(Cc2ccccc2OCc2ccccc2)cc1. The largest absolute Gasteiger partial charge is 0.489 e. The average Bonchev–Trinajstić information content (AvgIpc) is 2.74. The molecule has 3 heteroatoms. The molecular weight excluding hydrogens is 348 g/mol. The molecule has 3 aromatic carbocycles. The normalized spacial score (nSPS) is 10.8. The van der Waals surface area contributed by atoms with Crippen molar-refractivity contribution in [2.75, 3.05) is 6.61 Å². The molecular formula is C25H24O3. The highest BCUT2D eigenvalue weighted by molar-refractivity contribution is 5.87. The Kier molecular flexibility index (Phi) is 7.02. The molecule has 0 fully saturated rings. The zero-order valence-electron chi connectivity index (χ0n) is 16.0. The first-order valence-electron chi connectivity index (χ1n) is 9.43. The Labute approximate surface area is 166 Å². The van der Waals surface area contributed by atoms with Crippen molar-refractivity contribution < 1.29 is 14.3 Å². The summed E-state index contributed by atoms with van der Waals surface area (Å²) < 4.78 is 10.9. The Morgan fingerprint density at radius 3 is 2.32 bits per heavy atom. The van der Waals surface area contributed by atoms with E-state index in [0.29, 0.717) is 13.2 Å². The van der Waals surface area contributed by atoms with Crippen LogP contribution in [0.5, 0.6) is 5.75 Å². The summed E-state index contributed by atoms with van der Waals surface area (Å²) in [7, 11) is 0. The van der Waals surface area contributed by atoms with Crippen molar-refractivity contribution in [2.45, 2.75) is 20.0 Å². The van der Waals surface area contributed by atoms with E-state index in [1.54, 1.807) is 13.0 Å². The van der Waals surface area contributed by atoms with Gasteiger partial charge in [0.15, 0.2) is 0 Å². The summed E-state index contributed by atoms with van der Waals surface area (Å²) in [4.78, 5) is 11.4. The molecule has 3 nitrogen and oxygen atoms in total. The van der Waals surface area contributed by atoms with Gasteiger partial charge in [0.2, 0.25) is 0 Å². The van der Waals surface area contributed by atoms with E-state index < -0.39 is 0 Å². The third-order valence-corrected chi connectivity index (χ3v) is 4.28. The first-order valence-corrected chi connectivity index (χ1v) is 9.43. The van der Waals surface area contributed by atoms with Crippen LogP contribution in [0.25, 0.3) is 6.08 Å². The van der Waals surface area contributed by atoms with E-state index in [2.05, 4.69) is 30.3 Å². The van der Waals surface area contributed by atoms with E-state index in [-0.39, 0.29) is 5.97 Å². The Morgan fingerprint density at radius 2 is 1.57 bits per heavy atom. The Hall–Kier alpha value is -3.33. The van der Waals surface area contributed by atoms with Gasteiger partial charge < -0.3 is 9.47 Å². The fourth-order valence-electron chi connectivity index (χ4n) is 2.85. The highest BCUT2D eigenvalue weighted by Gasteiger charge is 2.05. The van der Waals surface area contributed by atoms with Gasteiger partial charge in [-0.2, -0.15) is 0 Å². The molecule has 0 N–H and O–H groups in total. The lowest BCUT2D eigenvalue weighted by molar-refractivity contribution is -0.137. The summed E-state index contributed by atoms with van der Waals surface area (Å²) in [6, 6.07) is 26.4. The topological polar surface area (TPSA) is 35.5 Å². The van der Waals surface area contributed by atoms with Crippen molar-refractivity contribution in [2.24, 2.45) is 0 Å². The summed E-state index contributed by atoms with van der Waals surface area (Å²) >= 11 is 0. The van der Waals surface area contributed by atoms with E-state index in [4.69, 9.17) is 9.47 Å². The maximum atomic E-state index is 11.4. The molecule has 0 radical (unpaired) electrons. The summed E-state index contributed by atoms with van der Waals surface area (Å²) in [5.74, 6) is 0.578. The molecule has 0 aliphatic rings. The molecule has 28 heavy (non-hydrogen) atoms. The lowest BCUT2D eigenvalue weighted by Crippen LogP contribution is -1.99. The van der Waals surface area contributed by atoms with E-state index >= 15 is 0 Å². The third-order valence-electron chi connectivity index (χ3n) is 4.28. The standard InChI is InChI=1S/C25H24O3/c1-2-27-25(26)17-16-20-12-14-21(15-13-20)18-23-10-6-7-11-24(23)28-19-22-8-4-3-5-9-22/h3-17H,2,18-19H2,1H3. The highest BCUT2D eigenvalue weighted by Crippen LogP contribution is 2.23. The van der Waals surface area contributed by atoms with Crippen molar-refractivity contribution in [3.05, 3.63) is 107 Å². The van der Waals surface area contributed by atoms with Gasteiger partial charge >= 0.3 is 5.97 Å². The van der Waals surface area contributed by atoms with Gasteiger partial charge in [0, 0.05) is 12.5 Å². The van der Waals surface area contributed by atoms with Crippen LogP contribution in [0, 0.1) is 0 Å². The Bertz CT molecular complexity index is 912. The molecule has 0 unspecified atom stereocenters. The van der Waals surface area contributed by atoms with Gasteiger partial charge in [0.25, 0.3) is 0 Å². The monoisotopic (exact) mass is 372 g/mol. The second kappa shape index (κ2) is 10.1. The van der Waals surface area contributed by atoms with Crippen LogP contribution in [0.1, 0.15) is 29.2 Å². The fraction of sp³-hybridized carbons (Fsp3) is 0.160. The Balaban J connectivity index is 1.64. The number of hydrogen-bond donors (Lipinski definition) is 0.